The molecule has 7 heteroatoms. The number of carbonyl (C=O) groups excluding carboxylic acids is 1. The predicted molar refractivity (Wildman–Crippen MR) is 88.7 cm³/mol. The maximum atomic E-state index is 12.8. The largest absolute Gasteiger partial charge is 0.335 e. The highest BCUT2D eigenvalue weighted by molar-refractivity contribution is 5.80. The van der Waals surface area contributed by atoms with Gasteiger partial charge in [0.1, 0.15) is 0 Å². The second kappa shape index (κ2) is 6.32. The van der Waals surface area contributed by atoms with Crippen LogP contribution in [-0.4, -0.2) is 56.2 Å². The summed E-state index contributed by atoms with van der Waals surface area (Å²) >= 11 is 0. The number of benzene rings is 1. The van der Waals surface area contributed by atoms with Crippen molar-refractivity contribution in [2.45, 2.75) is 44.7 Å². The van der Waals surface area contributed by atoms with Crippen LogP contribution in [0.25, 0.3) is 5.69 Å². The van der Waals surface area contributed by atoms with Crippen molar-refractivity contribution in [1.82, 2.24) is 30.4 Å². The molecule has 24 heavy (non-hydrogen) atoms. The molecule has 1 aromatic heterocycles. The van der Waals surface area contributed by atoms with Crippen molar-refractivity contribution in [3.05, 3.63) is 35.7 Å². The fourth-order valence-electron chi connectivity index (χ4n) is 3.88. The van der Waals surface area contributed by atoms with Crippen molar-refractivity contribution in [3.63, 3.8) is 0 Å². The number of tetrazole rings is 1. The van der Waals surface area contributed by atoms with E-state index in [4.69, 9.17) is 0 Å². The second-order valence-electron chi connectivity index (χ2n) is 6.66. The molecule has 1 aromatic carbocycles. The second-order valence-corrected chi connectivity index (χ2v) is 6.66. The van der Waals surface area contributed by atoms with Crippen LogP contribution in [0, 0.1) is 6.92 Å². The lowest BCUT2D eigenvalue weighted by Gasteiger charge is -2.28. The first-order valence-corrected chi connectivity index (χ1v) is 8.58. The Hall–Kier alpha value is -2.28. The number of carbonyl (C=O) groups is 1. The molecule has 0 saturated carbocycles. The number of nitrogens with zero attached hydrogens (tertiary/aromatic N) is 5. The minimum absolute atomic E-state index is 0.248. The van der Waals surface area contributed by atoms with Gasteiger partial charge in [0.2, 0.25) is 5.91 Å². The van der Waals surface area contributed by atoms with Crippen LogP contribution < -0.4 is 5.32 Å². The predicted octanol–water partition coefficient (Wildman–Crippen LogP) is 0.866. The summed E-state index contributed by atoms with van der Waals surface area (Å²) in [6.45, 7) is 3.81. The molecule has 0 aliphatic carbocycles. The Kier molecular flexibility index (Phi) is 4.02. The Morgan fingerprint density at radius 2 is 2.00 bits per heavy atom. The van der Waals surface area contributed by atoms with Crippen LogP contribution >= 0.6 is 0 Å². The van der Waals surface area contributed by atoms with Gasteiger partial charge in [-0.15, -0.1) is 5.10 Å². The van der Waals surface area contributed by atoms with E-state index in [-0.39, 0.29) is 5.91 Å². The third kappa shape index (κ3) is 2.80. The zero-order valence-electron chi connectivity index (χ0n) is 13.9. The van der Waals surface area contributed by atoms with Gasteiger partial charge in [-0.1, -0.05) is 12.1 Å². The van der Waals surface area contributed by atoms with Gasteiger partial charge in [0, 0.05) is 18.6 Å². The summed E-state index contributed by atoms with van der Waals surface area (Å²) in [5.74, 6) is 0.991. The third-order valence-electron chi connectivity index (χ3n) is 5.10. The van der Waals surface area contributed by atoms with E-state index in [0.717, 1.165) is 49.4 Å². The van der Waals surface area contributed by atoms with Gasteiger partial charge in [-0.05, 0) is 60.9 Å². The van der Waals surface area contributed by atoms with Crippen molar-refractivity contribution < 1.29 is 4.79 Å². The SMILES string of the molecule is Cc1nnnn1-c1ccc(CC(=O)N2[C@H]3CCNC[C@@H]2CC3)cc1. The minimum Gasteiger partial charge on any atom is -0.335 e. The molecule has 0 unspecified atom stereocenters. The molecule has 2 saturated heterocycles. The normalized spacial score (nSPS) is 23.3. The summed E-state index contributed by atoms with van der Waals surface area (Å²) in [5.41, 5.74) is 1.94. The number of amides is 1. The van der Waals surface area contributed by atoms with Gasteiger partial charge in [0.05, 0.1) is 12.1 Å². The molecule has 2 aliphatic heterocycles. The fraction of sp³-hybridized carbons (Fsp3) is 0.529. The van der Waals surface area contributed by atoms with E-state index < -0.39 is 0 Å². The summed E-state index contributed by atoms with van der Waals surface area (Å²) in [5, 5.41) is 15.0. The van der Waals surface area contributed by atoms with Gasteiger partial charge in [-0.25, -0.2) is 0 Å². The summed E-state index contributed by atoms with van der Waals surface area (Å²) in [4.78, 5) is 14.9. The number of aryl methyl sites for hydroxylation is 1. The number of rotatable bonds is 3. The average molecular weight is 326 g/mol. The smallest absolute Gasteiger partial charge is 0.227 e. The van der Waals surface area contributed by atoms with Gasteiger partial charge < -0.3 is 10.2 Å². The van der Waals surface area contributed by atoms with Gasteiger partial charge in [0.25, 0.3) is 0 Å². The van der Waals surface area contributed by atoms with E-state index in [2.05, 4.69) is 25.7 Å². The van der Waals surface area contributed by atoms with Crippen LogP contribution in [-0.2, 0) is 11.2 Å². The summed E-state index contributed by atoms with van der Waals surface area (Å²) < 4.78 is 1.69. The maximum Gasteiger partial charge on any atom is 0.227 e. The lowest BCUT2D eigenvalue weighted by atomic mass is 10.1. The topological polar surface area (TPSA) is 75.9 Å². The zero-order chi connectivity index (χ0) is 16.5. The third-order valence-corrected chi connectivity index (χ3v) is 5.10. The summed E-state index contributed by atoms with van der Waals surface area (Å²) in [7, 11) is 0. The van der Waals surface area contributed by atoms with Crippen LogP contribution in [0.3, 0.4) is 0 Å². The van der Waals surface area contributed by atoms with E-state index in [0.29, 0.717) is 18.5 Å². The van der Waals surface area contributed by atoms with Crippen molar-refractivity contribution >= 4 is 5.91 Å². The number of nitrogens with one attached hydrogen (secondary N) is 1. The summed E-state index contributed by atoms with van der Waals surface area (Å²) in [6.07, 6.45) is 3.80. The number of hydrogen-bond donors (Lipinski definition) is 1. The molecular formula is C17H22N6O. The number of aromatic nitrogens is 4. The molecule has 2 bridgehead atoms. The Labute approximate surface area is 141 Å². The molecule has 1 amide bonds. The molecule has 7 nitrogen and oxygen atoms in total. The van der Waals surface area contributed by atoms with Gasteiger partial charge in [0.15, 0.2) is 5.82 Å². The molecular weight excluding hydrogens is 304 g/mol. The molecule has 0 spiro atoms. The average Bonchev–Trinajstić information content (AvgIpc) is 3.10. The molecule has 2 fully saturated rings. The fourth-order valence-corrected chi connectivity index (χ4v) is 3.88. The maximum absolute atomic E-state index is 12.8. The molecule has 4 rings (SSSR count). The Morgan fingerprint density at radius 3 is 2.75 bits per heavy atom. The lowest BCUT2D eigenvalue weighted by Crippen LogP contribution is -2.43. The molecule has 3 heterocycles. The van der Waals surface area contributed by atoms with Crippen molar-refractivity contribution in [3.8, 4) is 5.69 Å². The molecule has 0 radical (unpaired) electrons. The number of hydrogen-bond acceptors (Lipinski definition) is 5. The Morgan fingerprint density at radius 1 is 1.21 bits per heavy atom. The quantitative estimate of drug-likeness (QED) is 0.906. The number of fused-ring (bicyclic) bond motifs is 2. The highest BCUT2D eigenvalue weighted by Crippen LogP contribution is 2.28. The molecule has 1 N–H and O–H groups in total. The van der Waals surface area contributed by atoms with Crippen molar-refractivity contribution in [2.75, 3.05) is 13.1 Å². The Balaban J connectivity index is 1.47. The van der Waals surface area contributed by atoms with E-state index in [9.17, 15) is 4.79 Å². The van der Waals surface area contributed by atoms with Crippen LogP contribution in [0.15, 0.2) is 24.3 Å². The van der Waals surface area contributed by atoms with Crippen LogP contribution in [0.5, 0.6) is 0 Å². The van der Waals surface area contributed by atoms with E-state index in [1.54, 1.807) is 4.68 Å². The van der Waals surface area contributed by atoms with Crippen LogP contribution in [0.2, 0.25) is 0 Å². The molecule has 126 valence electrons. The van der Waals surface area contributed by atoms with Crippen molar-refractivity contribution in [1.29, 1.82) is 0 Å². The van der Waals surface area contributed by atoms with Crippen LogP contribution in [0.4, 0.5) is 0 Å². The van der Waals surface area contributed by atoms with E-state index in [1.807, 2.05) is 31.2 Å². The highest BCUT2D eigenvalue weighted by atomic mass is 16.2. The zero-order valence-corrected chi connectivity index (χ0v) is 13.9. The van der Waals surface area contributed by atoms with Gasteiger partial charge >= 0.3 is 0 Å². The van der Waals surface area contributed by atoms with Gasteiger partial charge in [-0.2, -0.15) is 4.68 Å². The highest BCUT2D eigenvalue weighted by Gasteiger charge is 2.37. The monoisotopic (exact) mass is 326 g/mol. The summed E-state index contributed by atoms with van der Waals surface area (Å²) in [6, 6.07) is 8.70. The minimum atomic E-state index is 0.248. The molecule has 2 aromatic rings. The first kappa shape index (κ1) is 15.3. The standard InChI is InChI=1S/C17H22N6O/c1-12-19-20-21-23(12)15-4-2-13(3-5-15)10-17(24)22-14-6-7-16(22)11-18-9-8-14/h2-5,14,16,18H,6-11H2,1H3/t14-,16+/m1/s1. The Bertz CT molecular complexity index is 711. The van der Waals surface area contributed by atoms with Crippen molar-refractivity contribution in [2.24, 2.45) is 0 Å². The van der Waals surface area contributed by atoms with E-state index >= 15 is 0 Å². The molecule has 2 aliphatic rings. The van der Waals surface area contributed by atoms with E-state index in [1.165, 1.54) is 0 Å². The van der Waals surface area contributed by atoms with Crippen LogP contribution in [0.1, 0.15) is 30.7 Å². The lowest BCUT2D eigenvalue weighted by molar-refractivity contribution is -0.133. The molecule has 2 atom stereocenters. The first-order valence-electron chi connectivity index (χ1n) is 8.58. The first-order chi connectivity index (χ1) is 11.7. The van der Waals surface area contributed by atoms with Gasteiger partial charge in [-0.3, -0.25) is 4.79 Å².